The second kappa shape index (κ2) is 3.31. The van der Waals surface area contributed by atoms with Gasteiger partial charge >= 0.3 is 0 Å². The van der Waals surface area contributed by atoms with Gasteiger partial charge in [-0.25, -0.2) is 8.78 Å². The average molecular weight is 167 g/mol. The van der Waals surface area contributed by atoms with Gasteiger partial charge < -0.3 is 0 Å². The fourth-order valence-corrected chi connectivity index (χ4v) is 1.01. The Morgan fingerprint density at radius 1 is 1.42 bits per heavy atom. The van der Waals surface area contributed by atoms with E-state index in [-0.39, 0.29) is 17.5 Å². The second-order valence-corrected chi connectivity index (χ2v) is 2.35. The Hall–Kier alpha value is -1.43. The molecule has 0 aliphatic carbocycles. The molecule has 0 aromatic heterocycles. The number of nitrogens with zero attached hydrogens (tertiary/aromatic N) is 1. The molecule has 1 aromatic carbocycles. The third-order valence-corrected chi connectivity index (χ3v) is 1.66. The summed E-state index contributed by atoms with van der Waals surface area (Å²) in [6.07, 6.45) is 0.257. The van der Waals surface area contributed by atoms with Crippen molar-refractivity contribution in [3.63, 3.8) is 0 Å². The number of hydrogen-bond acceptors (Lipinski definition) is 1. The molecule has 0 spiro atoms. The first-order valence-corrected chi connectivity index (χ1v) is 3.57. The molecule has 0 atom stereocenters. The highest BCUT2D eigenvalue weighted by Gasteiger charge is 2.10. The zero-order valence-electron chi connectivity index (χ0n) is 6.56. The maximum Gasteiger partial charge on any atom is 0.147 e. The first-order chi connectivity index (χ1) is 5.70. The highest BCUT2D eigenvalue weighted by molar-refractivity contribution is 5.35. The van der Waals surface area contributed by atoms with Gasteiger partial charge in [0.25, 0.3) is 0 Å². The van der Waals surface area contributed by atoms with Gasteiger partial charge in [-0.2, -0.15) is 5.26 Å². The van der Waals surface area contributed by atoms with Crippen LogP contribution in [0.3, 0.4) is 0 Å². The molecule has 0 unspecified atom stereocenters. The van der Waals surface area contributed by atoms with Crippen LogP contribution in [0.2, 0.25) is 0 Å². The van der Waals surface area contributed by atoms with Gasteiger partial charge in [0, 0.05) is 5.56 Å². The molecule has 62 valence electrons. The largest absolute Gasteiger partial charge is 0.207 e. The normalized spacial score (nSPS) is 9.50. The molecule has 0 aliphatic rings. The van der Waals surface area contributed by atoms with Gasteiger partial charge in [-0.15, -0.1) is 0 Å². The lowest BCUT2D eigenvalue weighted by atomic mass is 10.1. The van der Waals surface area contributed by atoms with Gasteiger partial charge in [0.1, 0.15) is 17.7 Å². The summed E-state index contributed by atoms with van der Waals surface area (Å²) < 4.78 is 25.9. The molecular formula is C9H7F2N. The van der Waals surface area contributed by atoms with E-state index in [1.54, 1.807) is 13.0 Å². The first kappa shape index (κ1) is 8.66. The zero-order chi connectivity index (χ0) is 9.14. The number of hydrogen-bond donors (Lipinski definition) is 0. The van der Waals surface area contributed by atoms with Crippen molar-refractivity contribution in [1.82, 2.24) is 0 Å². The molecule has 1 nitrogen and oxygen atoms in total. The maximum atomic E-state index is 13.1. The zero-order valence-corrected chi connectivity index (χ0v) is 6.56. The summed E-state index contributed by atoms with van der Waals surface area (Å²) >= 11 is 0. The lowest BCUT2D eigenvalue weighted by Gasteiger charge is -2.01. The minimum absolute atomic E-state index is 0.0194. The van der Waals surface area contributed by atoms with E-state index in [0.29, 0.717) is 0 Å². The number of halogens is 2. The van der Waals surface area contributed by atoms with E-state index < -0.39 is 11.6 Å². The van der Waals surface area contributed by atoms with Crippen LogP contribution >= 0.6 is 0 Å². The minimum atomic E-state index is -0.736. The maximum absolute atomic E-state index is 13.1. The second-order valence-electron chi connectivity index (χ2n) is 2.35. The summed E-state index contributed by atoms with van der Waals surface area (Å²) in [5, 5.41) is 8.42. The summed E-state index contributed by atoms with van der Waals surface area (Å²) in [4.78, 5) is 0. The van der Waals surface area contributed by atoms with Gasteiger partial charge in [-0.3, -0.25) is 0 Å². The topological polar surface area (TPSA) is 23.8 Å². The average Bonchev–Trinajstić information content (AvgIpc) is 2.06. The monoisotopic (exact) mass is 167 g/mol. The third kappa shape index (κ3) is 1.28. The molecule has 0 bridgehead atoms. The highest BCUT2D eigenvalue weighted by Crippen LogP contribution is 2.16. The van der Waals surface area contributed by atoms with Crippen molar-refractivity contribution in [3.05, 3.63) is 34.9 Å². The van der Waals surface area contributed by atoms with E-state index >= 15 is 0 Å². The summed E-state index contributed by atoms with van der Waals surface area (Å²) in [6.45, 7) is 1.64. The van der Waals surface area contributed by atoms with Gasteiger partial charge in [0.05, 0.1) is 5.56 Å². The van der Waals surface area contributed by atoms with Crippen LogP contribution in [-0.4, -0.2) is 0 Å². The lowest BCUT2D eigenvalue weighted by molar-refractivity contribution is 0.556. The molecule has 0 aliphatic heterocycles. The number of rotatable bonds is 1. The molecule has 1 aromatic rings. The standard InChI is InChI=1S/C9H7F2N/c1-2-7-8(10)4-3-6(5-12)9(7)11/h3-4H,2H2,1H3. The molecule has 0 fully saturated rings. The Morgan fingerprint density at radius 2 is 2.08 bits per heavy atom. The molecule has 0 saturated heterocycles. The van der Waals surface area contributed by atoms with Crippen LogP contribution in [0.1, 0.15) is 18.1 Å². The minimum Gasteiger partial charge on any atom is -0.207 e. The molecule has 0 saturated carbocycles. The van der Waals surface area contributed by atoms with E-state index in [2.05, 4.69) is 0 Å². The van der Waals surface area contributed by atoms with Crippen LogP contribution in [0.5, 0.6) is 0 Å². The molecule has 1 rings (SSSR count). The molecule has 3 heteroatoms. The first-order valence-electron chi connectivity index (χ1n) is 3.57. The van der Waals surface area contributed by atoms with E-state index in [1.165, 1.54) is 0 Å². The predicted octanol–water partition coefficient (Wildman–Crippen LogP) is 2.40. The van der Waals surface area contributed by atoms with Crippen LogP contribution in [0, 0.1) is 23.0 Å². The summed E-state index contributed by atoms with van der Waals surface area (Å²) in [5.74, 6) is -1.32. The summed E-state index contributed by atoms with van der Waals surface area (Å²) in [5.41, 5.74) is -0.123. The molecule has 0 N–H and O–H groups in total. The van der Waals surface area contributed by atoms with E-state index in [0.717, 1.165) is 12.1 Å². The summed E-state index contributed by atoms with van der Waals surface area (Å²) in [6, 6.07) is 3.91. The lowest BCUT2D eigenvalue weighted by Crippen LogP contribution is -1.96. The van der Waals surface area contributed by atoms with Crippen molar-refractivity contribution in [2.45, 2.75) is 13.3 Å². The van der Waals surface area contributed by atoms with Crippen molar-refractivity contribution in [2.24, 2.45) is 0 Å². The van der Waals surface area contributed by atoms with Gasteiger partial charge in [-0.05, 0) is 18.6 Å². The number of nitriles is 1. The number of benzene rings is 1. The van der Waals surface area contributed by atoms with Gasteiger partial charge in [0.2, 0.25) is 0 Å². The van der Waals surface area contributed by atoms with Gasteiger partial charge in [0.15, 0.2) is 0 Å². The smallest absolute Gasteiger partial charge is 0.147 e. The third-order valence-electron chi connectivity index (χ3n) is 1.66. The quantitative estimate of drug-likeness (QED) is 0.630. The van der Waals surface area contributed by atoms with Crippen LogP contribution < -0.4 is 0 Å². The summed E-state index contributed by atoms with van der Waals surface area (Å²) in [7, 11) is 0. The van der Waals surface area contributed by atoms with Gasteiger partial charge in [-0.1, -0.05) is 6.92 Å². The molecule has 0 radical (unpaired) electrons. The van der Waals surface area contributed by atoms with E-state index in [1.807, 2.05) is 0 Å². The van der Waals surface area contributed by atoms with Crippen molar-refractivity contribution in [3.8, 4) is 6.07 Å². The Balaban J connectivity index is 3.36. The molecule has 12 heavy (non-hydrogen) atoms. The Bertz CT molecular complexity index is 339. The Morgan fingerprint density at radius 3 is 2.58 bits per heavy atom. The van der Waals surface area contributed by atoms with Crippen molar-refractivity contribution >= 4 is 0 Å². The highest BCUT2D eigenvalue weighted by atomic mass is 19.1. The van der Waals surface area contributed by atoms with Crippen LogP contribution in [-0.2, 0) is 6.42 Å². The van der Waals surface area contributed by atoms with Crippen LogP contribution in [0.15, 0.2) is 12.1 Å². The van der Waals surface area contributed by atoms with Crippen LogP contribution in [0.25, 0.3) is 0 Å². The fourth-order valence-electron chi connectivity index (χ4n) is 1.01. The van der Waals surface area contributed by atoms with Crippen LogP contribution in [0.4, 0.5) is 8.78 Å². The predicted molar refractivity (Wildman–Crippen MR) is 40.5 cm³/mol. The SMILES string of the molecule is CCc1c(F)ccc(C#N)c1F. The fraction of sp³-hybridized carbons (Fsp3) is 0.222. The van der Waals surface area contributed by atoms with Crippen molar-refractivity contribution in [1.29, 1.82) is 5.26 Å². The van der Waals surface area contributed by atoms with Crippen molar-refractivity contribution in [2.75, 3.05) is 0 Å². The van der Waals surface area contributed by atoms with Crippen molar-refractivity contribution < 1.29 is 8.78 Å². The van der Waals surface area contributed by atoms with E-state index in [4.69, 9.17) is 5.26 Å². The molecule has 0 amide bonds. The van der Waals surface area contributed by atoms with E-state index in [9.17, 15) is 8.78 Å². The Labute approximate surface area is 69.2 Å². The molecule has 0 heterocycles. The molecular weight excluding hydrogens is 160 g/mol. The Kier molecular flexibility index (Phi) is 2.39.